The van der Waals surface area contributed by atoms with Gasteiger partial charge in [0.1, 0.15) is 11.6 Å². The molecule has 21 heavy (non-hydrogen) atoms. The van der Waals surface area contributed by atoms with Gasteiger partial charge in [-0.3, -0.25) is 0 Å². The summed E-state index contributed by atoms with van der Waals surface area (Å²) in [4.78, 5) is -0.985. The van der Waals surface area contributed by atoms with Crippen molar-refractivity contribution in [3.8, 4) is 0 Å². The number of likely N-dealkylation sites (N-methyl/N-ethyl adjacent to an activating group) is 1. The number of nitrogens with zero attached hydrogens (tertiary/aromatic N) is 1. The first-order valence-electron chi connectivity index (χ1n) is 6.61. The highest BCUT2D eigenvalue weighted by Gasteiger charge is 2.29. The second kappa shape index (κ2) is 6.25. The third kappa shape index (κ3) is 3.90. The van der Waals surface area contributed by atoms with E-state index in [1.807, 2.05) is 0 Å². The summed E-state index contributed by atoms with van der Waals surface area (Å²) in [6.07, 6.45) is 2.27. The molecule has 0 heterocycles. The number of ether oxygens (including phenoxy) is 1. The molecule has 0 aliphatic heterocycles. The van der Waals surface area contributed by atoms with Crippen LogP contribution < -0.4 is 5.73 Å². The van der Waals surface area contributed by atoms with Gasteiger partial charge in [-0.15, -0.1) is 0 Å². The van der Waals surface area contributed by atoms with Crippen LogP contribution >= 0.6 is 0 Å². The van der Waals surface area contributed by atoms with Gasteiger partial charge < -0.3 is 10.5 Å². The average molecular weight is 320 g/mol. The lowest BCUT2D eigenvalue weighted by Gasteiger charge is -2.18. The Kier molecular flexibility index (Phi) is 4.80. The molecule has 1 aromatic carbocycles. The van der Waals surface area contributed by atoms with Crippen molar-refractivity contribution in [2.75, 3.05) is 32.5 Å². The van der Waals surface area contributed by atoms with Crippen molar-refractivity contribution < 1.29 is 21.9 Å². The van der Waals surface area contributed by atoms with Crippen LogP contribution in [0.3, 0.4) is 0 Å². The molecule has 0 radical (unpaired) electrons. The number of nitrogens with two attached hydrogens (primary N) is 1. The molecule has 2 rings (SSSR count). The summed E-state index contributed by atoms with van der Waals surface area (Å²) in [7, 11) is -3.00. The van der Waals surface area contributed by atoms with Gasteiger partial charge in [0.15, 0.2) is 4.90 Å². The van der Waals surface area contributed by atoms with Gasteiger partial charge in [0.25, 0.3) is 0 Å². The van der Waals surface area contributed by atoms with Crippen molar-refractivity contribution in [2.45, 2.75) is 17.7 Å². The predicted octanol–water partition coefficient (Wildman–Crippen LogP) is 1.59. The number of hydrogen-bond acceptors (Lipinski definition) is 4. The maximum Gasteiger partial charge on any atom is 0.248 e. The number of hydrogen-bond donors (Lipinski definition) is 1. The lowest BCUT2D eigenvalue weighted by Crippen LogP contribution is -2.31. The van der Waals surface area contributed by atoms with E-state index in [0.29, 0.717) is 12.5 Å². The Labute approximate surface area is 122 Å². The third-order valence-electron chi connectivity index (χ3n) is 3.29. The molecule has 8 heteroatoms. The highest BCUT2D eigenvalue weighted by molar-refractivity contribution is 7.89. The van der Waals surface area contributed by atoms with Crippen molar-refractivity contribution in [1.29, 1.82) is 0 Å². The zero-order valence-electron chi connectivity index (χ0n) is 11.7. The van der Waals surface area contributed by atoms with Crippen molar-refractivity contribution in [3.63, 3.8) is 0 Å². The van der Waals surface area contributed by atoms with E-state index >= 15 is 0 Å². The SMILES string of the molecule is CN(CCOCC1CC1)S(=O)(=O)c1c(F)cc(N)cc1F. The Bertz CT molecular complexity index is 595. The minimum atomic E-state index is -4.25. The Morgan fingerprint density at radius 3 is 2.43 bits per heavy atom. The Balaban J connectivity index is 2.05. The molecule has 0 unspecified atom stereocenters. The topological polar surface area (TPSA) is 72.6 Å². The molecular formula is C13H18F2N2O3S. The normalized spacial score (nSPS) is 15.6. The van der Waals surface area contributed by atoms with Crippen molar-refractivity contribution in [2.24, 2.45) is 5.92 Å². The summed E-state index contributed by atoms with van der Waals surface area (Å²) in [6.45, 7) is 0.807. The molecule has 2 N–H and O–H groups in total. The van der Waals surface area contributed by atoms with Gasteiger partial charge >= 0.3 is 0 Å². The number of halogens is 2. The monoisotopic (exact) mass is 320 g/mol. The predicted molar refractivity (Wildman–Crippen MR) is 74.1 cm³/mol. The van der Waals surface area contributed by atoms with Crippen molar-refractivity contribution in [1.82, 2.24) is 4.31 Å². The summed E-state index contributed by atoms with van der Waals surface area (Å²) in [6, 6.07) is 1.57. The molecule has 1 aromatic rings. The largest absolute Gasteiger partial charge is 0.399 e. The summed E-state index contributed by atoms with van der Waals surface area (Å²) < 4.78 is 58.0. The molecule has 0 amide bonds. The van der Waals surface area contributed by atoms with Crippen LogP contribution in [0.2, 0.25) is 0 Å². The smallest absolute Gasteiger partial charge is 0.248 e. The van der Waals surface area contributed by atoms with Gasteiger partial charge in [-0.1, -0.05) is 0 Å². The van der Waals surface area contributed by atoms with E-state index in [4.69, 9.17) is 10.5 Å². The zero-order chi connectivity index (χ0) is 15.6. The summed E-state index contributed by atoms with van der Waals surface area (Å²) >= 11 is 0. The Morgan fingerprint density at radius 2 is 1.90 bits per heavy atom. The van der Waals surface area contributed by atoms with Gasteiger partial charge in [0, 0.05) is 25.9 Å². The Morgan fingerprint density at radius 1 is 1.33 bits per heavy atom. The molecule has 1 aliphatic carbocycles. The third-order valence-corrected chi connectivity index (χ3v) is 5.20. The zero-order valence-corrected chi connectivity index (χ0v) is 12.5. The van der Waals surface area contributed by atoms with Crippen molar-refractivity contribution in [3.05, 3.63) is 23.8 Å². The fourth-order valence-corrected chi connectivity index (χ4v) is 3.07. The second-order valence-electron chi connectivity index (χ2n) is 5.16. The van der Waals surface area contributed by atoms with E-state index in [1.54, 1.807) is 0 Å². The summed E-state index contributed by atoms with van der Waals surface area (Å²) in [5.74, 6) is -1.82. The molecule has 0 aromatic heterocycles. The molecule has 0 spiro atoms. The van der Waals surface area contributed by atoms with E-state index in [-0.39, 0.29) is 18.8 Å². The summed E-state index contributed by atoms with van der Waals surface area (Å²) in [5.41, 5.74) is 5.10. The molecule has 0 saturated heterocycles. The van der Waals surface area contributed by atoms with E-state index < -0.39 is 26.6 Å². The molecule has 1 fully saturated rings. The molecular weight excluding hydrogens is 302 g/mol. The summed E-state index contributed by atoms with van der Waals surface area (Å²) in [5, 5.41) is 0. The fourth-order valence-electron chi connectivity index (χ4n) is 1.83. The van der Waals surface area contributed by atoms with E-state index in [9.17, 15) is 17.2 Å². The molecule has 0 atom stereocenters. The minimum absolute atomic E-state index is 0.0261. The average Bonchev–Trinajstić information content (AvgIpc) is 3.16. The number of benzene rings is 1. The van der Waals surface area contributed by atoms with Gasteiger partial charge in [-0.05, 0) is 30.9 Å². The molecule has 0 bridgehead atoms. The van der Waals surface area contributed by atoms with Gasteiger partial charge in [0.05, 0.1) is 6.61 Å². The lowest BCUT2D eigenvalue weighted by atomic mass is 10.3. The highest BCUT2D eigenvalue weighted by Crippen LogP contribution is 2.29. The van der Waals surface area contributed by atoms with Crippen molar-refractivity contribution >= 4 is 15.7 Å². The van der Waals surface area contributed by atoms with Gasteiger partial charge in [-0.25, -0.2) is 17.2 Å². The lowest BCUT2D eigenvalue weighted by molar-refractivity contribution is 0.117. The van der Waals surface area contributed by atoms with Crippen LogP contribution in [0, 0.1) is 17.6 Å². The first-order valence-corrected chi connectivity index (χ1v) is 8.05. The fraction of sp³-hybridized carbons (Fsp3) is 0.538. The van der Waals surface area contributed by atoms with Crippen LogP contribution in [0.15, 0.2) is 17.0 Å². The van der Waals surface area contributed by atoms with Gasteiger partial charge in [-0.2, -0.15) is 4.31 Å². The quantitative estimate of drug-likeness (QED) is 0.612. The first kappa shape index (κ1) is 16.1. The number of rotatable bonds is 7. The molecule has 118 valence electrons. The maximum absolute atomic E-state index is 13.7. The van der Waals surface area contributed by atoms with Gasteiger partial charge in [0.2, 0.25) is 10.0 Å². The second-order valence-corrected chi connectivity index (χ2v) is 7.14. The Hall–Kier alpha value is -1.25. The van der Waals surface area contributed by atoms with Crippen LogP contribution in [0.4, 0.5) is 14.5 Å². The van der Waals surface area contributed by atoms with Crippen LogP contribution in [0.1, 0.15) is 12.8 Å². The minimum Gasteiger partial charge on any atom is -0.399 e. The van der Waals surface area contributed by atoms with E-state index in [1.165, 1.54) is 7.05 Å². The van der Waals surface area contributed by atoms with Crippen LogP contribution in [-0.2, 0) is 14.8 Å². The van der Waals surface area contributed by atoms with Crippen LogP contribution in [0.5, 0.6) is 0 Å². The first-order chi connectivity index (χ1) is 9.82. The number of nitrogen functional groups attached to an aromatic ring is 1. The highest BCUT2D eigenvalue weighted by atomic mass is 32.2. The maximum atomic E-state index is 13.7. The number of anilines is 1. The van der Waals surface area contributed by atoms with E-state index in [0.717, 1.165) is 29.3 Å². The number of sulfonamides is 1. The molecule has 5 nitrogen and oxygen atoms in total. The van der Waals surface area contributed by atoms with E-state index in [2.05, 4.69) is 0 Å². The van der Waals surface area contributed by atoms with Crippen LogP contribution in [0.25, 0.3) is 0 Å². The standard InChI is InChI=1S/C13H18F2N2O3S/c1-17(4-5-20-8-9-2-3-9)21(18,19)13-11(14)6-10(16)7-12(13)15/h6-7,9H,2-5,8,16H2,1H3. The molecule has 1 saturated carbocycles. The van der Waals surface area contributed by atoms with Crippen LogP contribution in [-0.4, -0.2) is 39.5 Å². The molecule has 1 aliphatic rings.